The lowest BCUT2D eigenvalue weighted by Gasteiger charge is -2.21. The van der Waals surface area contributed by atoms with Crippen molar-refractivity contribution < 1.29 is 23.0 Å². The van der Waals surface area contributed by atoms with Crippen LogP contribution in [-0.2, 0) is 6.18 Å². The van der Waals surface area contributed by atoms with E-state index < -0.39 is 23.4 Å². The van der Waals surface area contributed by atoms with E-state index in [0.29, 0.717) is 22.9 Å². The molecule has 0 saturated heterocycles. The zero-order valence-electron chi connectivity index (χ0n) is 19.7. The quantitative estimate of drug-likeness (QED) is 0.313. The molecule has 3 aromatic rings. The number of halogens is 4. The first-order valence-corrected chi connectivity index (χ1v) is 12.5. The van der Waals surface area contributed by atoms with Crippen molar-refractivity contribution in [2.24, 2.45) is 0 Å². The molecule has 0 bridgehead atoms. The fourth-order valence-electron chi connectivity index (χ4n) is 3.84. The maximum absolute atomic E-state index is 13.5. The van der Waals surface area contributed by atoms with Crippen LogP contribution in [0.3, 0.4) is 0 Å². The molecule has 190 valence electrons. The molecule has 3 rings (SSSR count). The molecule has 2 aromatic carbocycles. The Morgan fingerprint density at radius 2 is 1.97 bits per heavy atom. The van der Waals surface area contributed by atoms with E-state index in [4.69, 9.17) is 16.3 Å². The molecule has 0 fully saturated rings. The third-order valence-electron chi connectivity index (χ3n) is 5.56. The Morgan fingerprint density at radius 1 is 1.23 bits per heavy atom. The SMILES string of the molecule is CCCCN(C)CC(O)CSc1c(-c2cc(Cl)ccc2OC)c2cc(C(F)(F)F)ccc2[nH]c1=O. The number of likely N-dealkylation sites (N-methyl/N-ethyl adjacent to an activating group) is 1. The van der Waals surface area contributed by atoms with Crippen LogP contribution >= 0.6 is 23.4 Å². The van der Waals surface area contributed by atoms with Crippen LogP contribution in [0.5, 0.6) is 5.75 Å². The molecular formula is C25H28ClF3N2O3S. The number of pyridine rings is 1. The van der Waals surface area contributed by atoms with Crippen molar-refractivity contribution in [3.05, 3.63) is 57.3 Å². The van der Waals surface area contributed by atoms with Gasteiger partial charge in [0.2, 0.25) is 0 Å². The summed E-state index contributed by atoms with van der Waals surface area (Å²) in [6.45, 7) is 3.33. The highest BCUT2D eigenvalue weighted by atomic mass is 35.5. The largest absolute Gasteiger partial charge is 0.496 e. The Kier molecular flexibility index (Phi) is 9.15. The van der Waals surface area contributed by atoms with Crippen molar-refractivity contribution in [1.29, 1.82) is 0 Å². The van der Waals surface area contributed by atoms with E-state index in [1.165, 1.54) is 13.2 Å². The molecule has 0 aliphatic heterocycles. The lowest BCUT2D eigenvalue weighted by atomic mass is 9.98. The lowest BCUT2D eigenvalue weighted by Crippen LogP contribution is -2.31. The molecule has 10 heteroatoms. The minimum absolute atomic E-state index is 0.180. The Hall–Kier alpha value is -2.20. The molecule has 0 aliphatic carbocycles. The molecular weight excluding hydrogens is 501 g/mol. The fourth-order valence-corrected chi connectivity index (χ4v) is 5.03. The van der Waals surface area contributed by atoms with Gasteiger partial charge >= 0.3 is 6.18 Å². The number of hydrogen-bond acceptors (Lipinski definition) is 5. The first-order chi connectivity index (χ1) is 16.5. The number of aliphatic hydroxyl groups excluding tert-OH is 1. The van der Waals surface area contributed by atoms with Gasteiger partial charge in [-0.3, -0.25) is 4.79 Å². The van der Waals surface area contributed by atoms with E-state index in [-0.39, 0.29) is 27.1 Å². The topological polar surface area (TPSA) is 65.6 Å². The van der Waals surface area contributed by atoms with E-state index in [1.54, 1.807) is 18.2 Å². The number of aromatic amines is 1. The minimum Gasteiger partial charge on any atom is -0.496 e. The van der Waals surface area contributed by atoms with E-state index in [0.717, 1.165) is 43.3 Å². The molecule has 1 heterocycles. The van der Waals surface area contributed by atoms with Gasteiger partial charge in [-0.25, -0.2) is 0 Å². The number of nitrogens with one attached hydrogen (secondary N) is 1. The predicted octanol–water partition coefficient (Wildman–Crippen LogP) is 6.06. The number of methoxy groups -OCH3 is 1. The van der Waals surface area contributed by atoms with E-state index in [2.05, 4.69) is 11.9 Å². The van der Waals surface area contributed by atoms with Crippen molar-refractivity contribution in [3.63, 3.8) is 0 Å². The van der Waals surface area contributed by atoms with Crippen LogP contribution in [0, 0.1) is 0 Å². The zero-order valence-corrected chi connectivity index (χ0v) is 21.3. The fraction of sp³-hybridized carbons (Fsp3) is 0.400. The molecule has 0 aliphatic rings. The Morgan fingerprint density at radius 3 is 2.63 bits per heavy atom. The second-order valence-corrected chi connectivity index (χ2v) is 9.81. The Balaban J connectivity index is 2.13. The van der Waals surface area contributed by atoms with Gasteiger partial charge in [0, 0.05) is 39.4 Å². The summed E-state index contributed by atoms with van der Waals surface area (Å²) in [6.07, 6.45) is -3.27. The molecule has 1 aromatic heterocycles. The van der Waals surface area contributed by atoms with Crippen LogP contribution in [-0.4, -0.2) is 54.1 Å². The summed E-state index contributed by atoms with van der Waals surface area (Å²) in [7, 11) is 3.35. The van der Waals surface area contributed by atoms with E-state index in [9.17, 15) is 23.1 Å². The maximum Gasteiger partial charge on any atom is 0.416 e. The van der Waals surface area contributed by atoms with Gasteiger partial charge in [0.15, 0.2) is 0 Å². The minimum atomic E-state index is -4.56. The Labute approximate surface area is 211 Å². The van der Waals surface area contributed by atoms with Crippen molar-refractivity contribution in [3.8, 4) is 16.9 Å². The van der Waals surface area contributed by atoms with Crippen molar-refractivity contribution in [2.75, 3.05) is 33.0 Å². The average molecular weight is 529 g/mol. The standard InChI is InChI=1S/C25H28ClF3N2O3S/c1-4-5-10-31(2)13-17(32)14-35-23-22(19-12-16(26)7-9-21(19)34-3)18-11-15(25(27,28)29)6-8-20(18)30-24(23)33/h6-9,11-12,17,32H,4-5,10,13-14H2,1-3H3,(H,30,33). The number of ether oxygens (including phenoxy) is 1. The lowest BCUT2D eigenvalue weighted by molar-refractivity contribution is -0.137. The number of thioether (sulfide) groups is 1. The van der Waals surface area contributed by atoms with Crippen molar-refractivity contribution in [2.45, 2.75) is 36.9 Å². The molecule has 35 heavy (non-hydrogen) atoms. The number of benzene rings is 2. The third-order valence-corrected chi connectivity index (χ3v) is 7.03. The molecule has 0 radical (unpaired) electrons. The summed E-state index contributed by atoms with van der Waals surface area (Å²) in [5.41, 5.74) is -0.374. The number of aliphatic hydroxyl groups is 1. The molecule has 0 amide bonds. The predicted molar refractivity (Wildman–Crippen MR) is 136 cm³/mol. The number of hydrogen-bond donors (Lipinski definition) is 2. The molecule has 5 nitrogen and oxygen atoms in total. The maximum atomic E-state index is 13.5. The van der Waals surface area contributed by atoms with Gasteiger partial charge in [-0.15, -0.1) is 11.8 Å². The first kappa shape index (κ1) is 27.4. The monoisotopic (exact) mass is 528 g/mol. The molecule has 1 atom stereocenters. The smallest absolute Gasteiger partial charge is 0.416 e. The molecule has 2 N–H and O–H groups in total. The summed E-state index contributed by atoms with van der Waals surface area (Å²) in [4.78, 5) is 18.0. The summed E-state index contributed by atoms with van der Waals surface area (Å²) in [5, 5.41) is 11.1. The van der Waals surface area contributed by atoms with Gasteiger partial charge in [-0.05, 0) is 56.4 Å². The van der Waals surface area contributed by atoms with Crippen LogP contribution in [0.1, 0.15) is 25.3 Å². The number of rotatable bonds is 10. The highest BCUT2D eigenvalue weighted by Gasteiger charge is 2.31. The van der Waals surface area contributed by atoms with Crippen LogP contribution in [0.25, 0.3) is 22.0 Å². The molecule has 0 spiro atoms. The van der Waals surface area contributed by atoms with E-state index in [1.807, 2.05) is 11.9 Å². The summed E-state index contributed by atoms with van der Waals surface area (Å²) >= 11 is 7.32. The summed E-state index contributed by atoms with van der Waals surface area (Å²) in [6, 6.07) is 7.95. The average Bonchev–Trinajstić information content (AvgIpc) is 2.80. The number of H-pyrrole nitrogens is 1. The van der Waals surface area contributed by atoms with Gasteiger partial charge in [0.05, 0.1) is 23.7 Å². The number of fused-ring (bicyclic) bond motifs is 1. The highest BCUT2D eigenvalue weighted by molar-refractivity contribution is 7.99. The van der Waals surface area contributed by atoms with Gasteiger partial charge in [0.1, 0.15) is 5.75 Å². The van der Waals surface area contributed by atoms with Gasteiger partial charge < -0.3 is 19.7 Å². The number of aromatic nitrogens is 1. The highest BCUT2D eigenvalue weighted by Crippen LogP contribution is 2.42. The number of nitrogens with zero attached hydrogens (tertiary/aromatic N) is 1. The second kappa shape index (κ2) is 11.7. The van der Waals surface area contributed by atoms with Crippen LogP contribution in [0.15, 0.2) is 46.1 Å². The summed E-state index contributed by atoms with van der Waals surface area (Å²) in [5.74, 6) is 0.542. The van der Waals surface area contributed by atoms with E-state index >= 15 is 0 Å². The van der Waals surface area contributed by atoms with Crippen molar-refractivity contribution >= 4 is 34.3 Å². The number of unbranched alkanes of at least 4 members (excludes halogenated alkanes) is 1. The van der Waals surface area contributed by atoms with Gasteiger partial charge in [0.25, 0.3) is 5.56 Å². The van der Waals surface area contributed by atoms with Gasteiger partial charge in [-0.2, -0.15) is 13.2 Å². The van der Waals surface area contributed by atoms with Gasteiger partial charge in [-0.1, -0.05) is 24.9 Å². The molecule has 1 unspecified atom stereocenters. The third kappa shape index (κ3) is 6.73. The van der Waals surface area contributed by atoms with Crippen molar-refractivity contribution in [1.82, 2.24) is 9.88 Å². The van der Waals surface area contributed by atoms with Crippen LogP contribution in [0.2, 0.25) is 5.02 Å². The Bertz CT molecular complexity index is 1230. The molecule has 0 saturated carbocycles. The normalized spacial score (nSPS) is 12.9. The zero-order chi connectivity index (χ0) is 25.8. The number of alkyl halides is 3. The summed E-state index contributed by atoms with van der Waals surface area (Å²) < 4.78 is 46.1. The second-order valence-electron chi connectivity index (χ2n) is 8.34. The van der Waals surface area contributed by atoms with Crippen LogP contribution in [0.4, 0.5) is 13.2 Å². The van der Waals surface area contributed by atoms with Crippen LogP contribution < -0.4 is 10.3 Å². The first-order valence-electron chi connectivity index (χ1n) is 11.2.